The number of aliphatic hydroxyl groups excluding tert-OH is 7. The number of rotatable bonds is 50. The van der Waals surface area contributed by atoms with Crippen molar-refractivity contribution < 1.29 is 73.8 Å². The van der Waals surface area contributed by atoms with Crippen molar-refractivity contribution in [3.8, 4) is 0 Å². The Morgan fingerprint density at radius 2 is 0.760 bits per heavy atom. The molecule has 11 unspecified atom stereocenters. The predicted octanol–water partition coefficient (Wildman–Crippen LogP) is 10.9. The zero-order chi connectivity index (χ0) is 54.6. The molecule has 2 aliphatic heterocycles. The Balaban J connectivity index is 1.72. The number of ether oxygens (including phenoxy) is 6. The molecule has 2 aliphatic rings. The van der Waals surface area contributed by atoms with Crippen molar-refractivity contribution in [3.63, 3.8) is 0 Å². The van der Waals surface area contributed by atoms with Crippen LogP contribution in [0.4, 0.5) is 0 Å². The van der Waals surface area contributed by atoms with Gasteiger partial charge in [0.2, 0.25) is 0 Å². The molecule has 0 aromatic carbocycles. The lowest BCUT2D eigenvalue weighted by Crippen LogP contribution is -2.61. The van der Waals surface area contributed by atoms with Crippen LogP contribution < -0.4 is 0 Å². The fourth-order valence-corrected chi connectivity index (χ4v) is 9.98. The molecule has 0 amide bonds. The van der Waals surface area contributed by atoms with Crippen LogP contribution in [0.2, 0.25) is 0 Å². The van der Waals surface area contributed by atoms with Gasteiger partial charge in [-0.1, -0.05) is 225 Å². The summed E-state index contributed by atoms with van der Waals surface area (Å²) in [6.45, 7) is 2.65. The van der Waals surface area contributed by atoms with E-state index < -0.39 is 92.7 Å². The molecule has 2 saturated heterocycles. The minimum Gasteiger partial charge on any atom is -0.462 e. The fourth-order valence-electron chi connectivity index (χ4n) is 9.98. The second kappa shape index (κ2) is 47.1. The van der Waals surface area contributed by atoms with Crippen molar-refractivity contribution in [2.24, 2.45) is 0 Å². The highest BCUT2D eigenvalue weighted by atomic mass is 16.7. The Hall–Kier alpha value is -1.76. The minimum absolute atomic E-state index is 0.168. The van der Waals surface area contributed by atoms with Gasteiger partial charge in [-0.3, -0.25) is 9.59 Å². The Bertz CT molecular complexity index is 1350. The van der Waals surface area contributed by atoms with E-state index in [-0.39, 0.29) is 26.1 Å². The Morgan fingerprint density at radius 1 is 0.413 bits per heavy atom. The summed E-state index contributed by atoms with van der Waals surface area (Å²) in [7, 11) is 0. The average molecular weight is 1070 g/mol. The average Bonchev–Trinajstić information content (AvgIpc) is 3.40. The number of hydrogen-bond donors (Lipinski definition) is 7. The van der Waals surface area contributed by atoms with Crippen LogP contribution in [0, 0.1) is 0 Å². The Kier molecular flexibility index (Phi) is 43.5. The third kappa shape index (κ3) is 34.1. The third-order valence-corrected chi connectivity index (χ3v) is 15.0. The number of esters is 2. The molecular formula is C60H112O15. The van der Waals surface area contributed by atoms with Crippen molar-refractivity contribution in [1.29, 1.82) is 0 Å². The summed E-state index contributed by atoms with van der Waals surface area (Å²) in [4.78, 5) is 25.9. The summed E-state index contributed by atoms with van der Waals surface area (Å²) < 4.78 is 33.8. The van der Waals surface area contributed by atoms with E-state index in [1.54, 1.807) is 0 Å². The second-order valence-corrected chi connectivity index (χ2v) is 21.9. The molecule has 75 heavy (non-hydrogen) atoms. The molecule has 0 bridgehead atoms. The van der Waals surface area contributed by atoms with Crippen LogP contribution in [0.15, 0.2) is 12.2 Å². The van der Waals surface area contributed by atoms with Crippen molar-refractivity contribution in [2.45, 2.75) is 332 Å². The van der Waals surface area contributed by atoms with E-state index in [1.165, 1.54) is 180 Å². The second-order valence-electron chi connectivity index (χ2n) is 21.9. The number of hydrogen-bond acceptors (Lipinski definition) is 15. The first kappa shape index (κ1) is 69.3. The van der Waals surface area contributed by atoms with Crippen LogP contribution in [-0.4, -0.2) is 142 Å². The maximum Gasteiger partial charge on any atom is 0.306 e. The van der Waals surface area contributed by atoms with Crippen LogP contribution >= 0.6 is 0 Å². The molecule has 0 aromatic heterocycles. The van der Waals surface area contributed by atoms with E-state index in [2.05, 4.69) is 26.0 Å². The summed E-state index contributed by atoms with van der Waals surface area (Å²) in [5.41, 5.74) is 0. The van der Waals surface area contributed by atoms with Gasteiger partial charge in [0.1, 0.15) is 55.4 Å². The summed E-state index contributed by atoms with van der Waals surface area (Å²) >= 11 is 0. The molecule has 442 valence electrons. The van der Waals surface area contributed by atoms with E-state index in [0.29, 0.717) is 12.8 Å². The first-order chi connectivity index (χ1) is 36.5. The van der Waals surface area contributed by atoms with Gasteiger partial charge in [0.05, 0.1) is 19.8 Å². The van der Waals surface area contributed by atoms with E-state index in [4.69, 9.17) is 28.4 Å². The van der Waals surface area contributed by atoms with Gasteiger partial charge in [-0.15, -0.1) is 0 Å². The standard InChI is InChI=1S/C60H112O15/c1-3-5-7-9-11-13-15-17-19-21-23-25-26-28-30-32-34-36-38-40-42-51(62)70-45-48(73-52(63)43-41-39-37-35-33-31-29-27-24-22-20-18-16-14-12-10-8-6-4-2)46-71-59-58(69)56(67)54(65)50(75-59)47-72-60-57(68)55(66)53(64)49(44-61)74-60/h18,20,48-50,53-61,64-69H,3-17,19,21-47H2,1-2H3/b20-18-. The third-order valence-electron chi connectivity index (χ3n) is 15.0. The highest BCUT2D eigenvalue weighted by Crippen LogP contribution is 2.27. The summed E-state index contributed by atoms with van der Waals surface area (Å²) in [6, 6.07) is 0. The molecule has 0 spiro atoms. The summed E-state index contributed by atoms with van der Waals surface area (Å²) in [5.74, 6) is -0.909. The summed E-state index contributed by atoms with van der Waals surface area (Å²) in [5, 5.41) is 72.4. The van der Waals surface area contributed by atoms with Gasteiger partial charge in [-0.2, -0.15) is 0 Å². The normalized spacial score (nSPS) is 24.5. The van der Waals surface area contributed by atoms with Gasteiger partial charge in [-0.05, 0) is 38.5 Å². The van der Waals surface area contributed by atoms with Crippen LogP contribution in [0.5, 0.6) is 0 Å². The highest BCUT2D eigenvalue weighted by molar-refractivity contribution is 5.70. The van der Waals surface area contributed by atoms with E-state index in [9.17, 15) is 45.3 Å². The SMILES string of the molecule is CCCCCCCC/C=C\CCCCCCCCCCCC(=O)OC(COC(=O)CCCCCCCCCCCCCCCCCCCCCC)COC1OC(COC2OC(CO)C(O)C(O)C2O)C(O)C(O)C1O. The highest BCUT2D eigenvalue weighted by Gasteiger charge is 2.47. The lowest BCUT2D eigenvalue weighted by molar-refractivity contribution is -0.332. The molecule has 11 atom stereocenters. The number of carbonyl (C=O) groups excluding carboxylic acids is 2. The fraction of sp³-hybridized carbons (Fsp3) is 0.933. The molecule has 0 aromatic rings. The number of carbonyl (C=O) groups is 2. The molecule has 0 aliphatic carbocycles. The molecular weight excluding hydrogens is 961 g/mol. The van der Waals surface area contributed by atoms with Crippen molar-refractivity contribution in [2.75, 3.05) is 26.4 Å². The van der Waals surface area contributed by atoms with Crippen LogP contribution in [-0.2, 0) is 38.0 Å². The summed E-state index contributed by atoms with van der Waals surface area (Å²) in [6.07, 6.45) is 33.7. The van der Waals surface area contributed by atoms with Crippen molar-refractivity contribution >= 4 is 11.9 Å². The molecule has 2 rings (SSSR count). The maximum atomic E-state index is 13.1. The Labute approximate surface area is 454 Å². The number of allylic oxidation sites excluding steroid dienone is 2. The van der Waals surface area contributed by atoms with E-state index in [0.717, 1.165) is 44.9 Å². The lowest BCUT2D eigenvalue weighted by Gasteiger charge is -2.42. The monoisotopic (exact) mass is 1070 g/mol. The van der Waals surface area contributed by atoms with Crippen LogP contribution in [0.1, 0.15) is 264 Å². The number of aliphatic hydroxyl groups is 7. The van der Waals surface area contributed by atoms with Gasteiger partial charge in [0.15, 0.2) is 18.7 Å². The van der Waals surface area contributed by atoms with Gasteiger partial charge < -0.3 is 64.2 Å². The minimum atomic E-state index is -1.76. The van der Waals surface area contributed by atoms with E-state index in [1.807, 2.05) is 0 Å². The van der Waals surface area contributed by atoms with Crippen LogP contribution in [0.25, 0.3) is 0 Å². The van der Waals surface area contributed by atoms with Crippen LogP contribution in [0.3, 0.4) is 0 Å². The van der Waals surface area contributed by atoms with Gasteiger partial charge in [-0.25, -0.2) is 0 Å². The van der Waals surface area contributed by atoms with Crippen molar-refractivity contribution in [3.05, 3.63) is 12.2 Å². The molecule has 15 heteroatoms. The van der Waals surface area contributed by atoms with Gasteiger partial charge >= 0.3 is 11.9 Å². The quantitative estimate of drug-likeness (QED) is 0.0171. The molecule has 15 nitrogen and oxygen atoms in total. The largest absolute Gasteiger partial charge is 0.462 e. The molecule has 0 saturated carbocycles. The lowest BCUT2D eigenvalue weighted by atomic mass is 9.98. The first-order valence-electron chi connectivity index (χ1n) is 30.8. The maximum absolute atomic E-state index is 13.1. The van der Waals surface area contributed by atoms with Crippen molar-refractivity contribution in [1.82, 2.24) is 0 Å². The Morgan fingerprint density at radius 3 is 1.17 bits per heavy atom. The molecule has 7 N–H and O–H groups in total. The smallest absolute Gasteiger partial charge is 0.306 e. The zero-order valence-electron chi connectivity index (χ0n) is 47.3. The zero-order valence-corrected chi connectivity index (χ0v) is 47.3. The van der Waals surface area contributed by atoms with Gasteiger partial charge in [0, 0.05) is 12.8 Å². The number of unbranched alkanes of at least 4 members (excludes halogenated alkanes) is 34. The van der Waals surface area contributed by atoms with Gasteiger partial charge in [0.25, 0.3) is 0 Å². The van der Waals surface area contributed by atoms with E-state index >= 15 is 0 Å². The first-order valence-corrected chi connectivity index (χ1v) is 30.8. The molecule has 2 heterocycles. The molecule has 0 radical (unpaired) electrons. The topological polar surface area (TPSA) is 231 Å². The predicted molar refractivity (Wildman–Crippen MR) is 294 cm³/mol. The molecule has 2 fully saturated rings.